The molecular formula is C12H22O4. The Morgan fingerprint density at radius 1 is 1.12 bits per heavy atom. The summed E-state index contributed by atoms with van der Waals surface area (Å²) in [6, 6.07) is 0. The van der Waals surface area contributed by atoms with Gasteiger partial charge in [0, 0.05) is 13.3 Å². The van der Waals surface area contributed by atoms with E-state index in [0.29, 0.717) is 0 Å². The van der Waals surface area contributed by atoms with E-state index in [4.69, 9.17) is 9.84 Å². The summed E-state index contributed by atoms with van der Waals surface area (Å²) in [4.78, 5) is 20.8. The highest BCUT2D eigenvalue weighted by Gasteiger charge is 2.04. The smallest absolute Gasteiger partial charge is 0.303 e. The first kappa shape index (κ1) is 14.9. The molecule has 0 rings (SSSR count). The molecule has 0 aromatic heterocycles. The second-order valence-corrected chi connectivity index (χ2v) is 4.12. The number of rotatable bonds is 9. The average molecular weight is 230 g/mol. The molecule has 0 saturated carbocycles. The van der Waals surface area contributed by atoms with E-state index >= 15 is 0 Å². The van der Waals surface area contributed by atoms with Crippen molar-refractivity contribution in [2.75, 3.05) is 0 Å². The van der Waals surface area contributed by atoms with Gasteiger partial charge in [-0.05, 0) is 26.2 Å². The maximum atomic E-state index is 10.6. The minimum absolute atomic E-state index is 0.00322. The van der Waals surface area contributed by atoms with E-state index in [9.17, 15) is 9.59 Å². The van der Waals surface area contributed by atoms with E-state index in [-0.39, 0.29) is 18.5 Å². The van der Waals surface area contributed by atoms with Gasteiger partial charge in [-0.15, -0.1) is 0 Å². The number of esters is 1. The molecule has 0 heterocycles. The number of carboxylic acids is 1. The first-order valence-corrected chi connectivity index (χ1v) is 5.91. The van der Waals surface area contributed by atoms with Crippen molar-refractivity contribution in [1.82, 2.24) is 0 Å². The van der Waals surface area contributed by atoms with Crippen LogP contribution < -0.4 is 0 Å². The summed E-state index contributed by atoms with van der Waals surface area (Å²) in [5.41, 5.74) is 0. The first-order valence-electron chi connectivity index (χ1n) is 5.91. The molecule has 0 unspecified atom stereocenters. The predicted molar refractivity (Wildman–Crippen MR) is 61.2 cm³/mol. The summed E-state index contributed by atoms with van der Waals surface area (Å²) < 4.78 is 4.99. The lowest BCUT2D eigenvalue weighted by Gasteiger charge is -2.10. The van der Waals surface area contributed by atoms with Crippen LogP contribution in [-0.2, 0) is 14.3 Å². The van der Waals surface area contributed by atoms with Crippen molar-refractivity contribution in [3.63, 3.8) is 0 Å². The lowest BCUT2D eigenvalue weighted by Crippen LogP contribution is -2.11. The van der Waals surface area contributed by atoms with Crippen LogP contribution in [0.5, 0.6) is 0 Å². The fourth-order valence-corrected chi connectivity index (χ4v) is 1.58. The maximum absolute atomic E-state index is 10.6. The van der Waals surface area contributed by atoms with E-state index in [1.54, 1.807) is 0 Å². The second kappa shape index (κ2) is 9.19. The van der Waals surface area contributed by atoms with Crippen LogP contribution in [-0.4, -0.2) is 23.1 Å². The molecule has 4 nitrogen and oxygen atoms in total. The molecule has 4 heteroatoms. The van der Waals surface area contributed by atoms with Gasteiger partial charge in [0.15, 0.2) is 0 Å². The average Bonchev–Trinajstić information content (AvgIpc) is 2.14. The molecular weight excluding hydrogens is 208 g/mol. The molecule has 0 saturated heterocycles. The van der Waals surface area contributed by atoms with Crippen molar-refractivity contribution < 1.29 is 19.4 Å². The number of hydrogen-bond donors (Lipinski definition) is 1. The quantitative estimate of drug-likeness (QED) is 0.488. The van der Waals surface area contributed by atoms with Crippen LogP contribution in [0, 0.1) is 0 Å². The predicted octanol–water partition coefficient (Wildman–Crippen LogP) is 2.75. The van der Waals surface area contributed by atoms with Gasteiger partial charge in [0.1, 0.15) is 0 Å². The minimum Gasteiger partial charge on any atom is -0.481 e. The summed E-state index contributed by atoms with van der Waals surface area (Å²) in [5, 5.41) is 8.42. The Hall–Kier alpha value is -1.06. The fourth-order valence-electron chi connectivity index (χ4n) is 1.58. The van der Waals surface area contributed by atoms with Crippen molar-refractivity contribution in [2.45, 2.75) is 64.9 Å². The largest absolute Gasteiger partial charge is 0.481 e. The van der Waals surface area contributed by atoms with Crippen LogP contribution in [0.3, 0.4) is 0 Å². The van der Waals surface area contributed by atoms with Gasteiger partial charge in [0.05, 0.1) is 6.10 Å². The van der Waals surface area contributed by atoms with Gasteiger partial charge in [-0.2, -0.15) is 0 Å². The summed E-state index contributed by atoms with van der Waals surface area (Å²) in [7, 11) is 0. The molecule has 0 bridgehead atoms. The highest BCUT2D eigenvalue weighted by Crippen LogP contribution is 2.10. The zero-order chi connectivity index (χ0) is 12.4. The van der Waals surface area contributed by atoms with E-state index in [1.807, 2.05) is 6.92 Å². The van der Waals surface area contributed by atoms with Gasteiger partial charge < -0.3 is 9.84 Å². The summed E-state index contributed by atoms with van der Waals surface area (Å²) in [6.07, 6.45) is 6.04. The van der Waals surface area contributed by atoms with Crippen LogP contribution in [0.2, 0.25) is 0 Å². The molecule has 0 aromatic rings. The lowest BCUT2D eigenvalue weighted by atomic mass is 10.1. The van der Waals surface area contributed by atoms with E-state index in [0.717, 1.165) is 38.5 Å². The molecule has 94 valence electrons. The summed E-state index contributed by atoms with van der Waals surface area (Å²) in [5.74, 6) is -0.947. The van der Waals surface area contributed by atoms with Crippen LogP contribution in [0.1, 0.15) is 58.8 Å². The topological polar surface area (TPSA) is 63.6 Å². The van der Waals surface area contributed by atoms with Gasteiger partial charge in [-0.3, -0.25) is 9.59 Å². The number of unbranched alkanes of at least 4 members (excludes halogenated alkanes) is 4. The summed E-state index contributed by atoms with van der Waals surface area (Å²) in [6.45, 7) is 3.31. The fraction of sp³-hybridized carbons (Fsp3) is 0.833. The van der Waals surface area contributed by atoms with Gasteiger partial charge in [-0.25, -0.2) is 0 Å². The highest BCUT2D eigenvalue weighted by atomic mass is 16.5. The van der Waals surface area contributed by atoms with Crippen LogP contribution in [0.25, 0.3) is 0 Å². The molecule has 0 aliphatic heterocycles. The zero-order valence-corrected chi connectivity index (χ0v) is 10.2. The Kier molecular flexibility index (Phi) is 8.58. The number of carbonyl (C=O) groups excluding carboxylic acids is 1. The van der Waals surface area contributed by atoms with Crippen molar-refractivity contribution in [3.05, 3.63) is 0 Å². The second-order valence-electron chi connectivity index (χ2n) is 4.12. The monoisotopic (exact) mass is 230 g/mol. The van der Waals surface area contributed by atoms with Gasteiger partial charge in [0.2, 0.25) is 0 Å². The van der Waals surface area contributed by atoms with Crippen LogP contribution >= 0.6 is 0 Å². The van der Waals surface area contributed by atoms with Crippen molar-refractivity contribution in [3.8, 4) is 0 Å². The minimum atomic E-state index is -0.719. The molecule has 16 heavy (non-hydrogen) atoms. The van der Waals surface area contributed by atoms with Gasteiger partial charge in [0.25, 0.3) is 0 Å². The number of ether oxygens (including phenoxy) is 1. The van der Waals surface area contributed by atoms with E-state index in [1.165, 1.54) is 6.92 Å². The number of hydrogen-bond acceptors (Lipinski definition) is 3. The first-order chi connectivity index (χ1) is 7.52. The highest BCUT2D eigenvalue weighted by molar-refractivity contribution is 5.66. The zero-order valence-electron chi connectivity index (χ0n) is 10.2. The molecule has 0 aromatic carbocycles. The van der Waals surface area contributed by atoms with E-state index < -0.39 is 5.97 Å². The Balaban J connectivity index is 3.20. The standard InChI is InChI=1S/C12H22O4/c1-10(16-11(2)13)8-6-4-3-5-7-9-12(14)15/h10H,3-9H2,1-2H3,(H,14,15)/t10-/m1/s1. The Morgan fingerprint density at radius 3 is 2.25 bits per heavy atom. The molecule has 0 aliphatic rings. The molecule has 0 fully saturated rings. The van der Waals surface area contributed by atoms with Gasteiger partial charge in [-0.1, -0.05) is 19.3 Å². The maximum Gasteiger partial charge on any atom is 0.303 e. The molecule has 1 N–H and O–H groups in total. The molecule has 0 amide bonds. The van der Waals surface area contributed by atoms with Crippen LogP contribution in [0.4, 0.5) is 0 Å². The molecule has 0 aliphatic carbocycles. The molecule has 1 atom stereocenters. The number of carbonyl (C=O) groups is 2. The third-order valence-electron chi connectivity index (χ3n) is 2.37. The third-order valence-corrected chi connectivity index (χ3v) is 2.37. The lowest BCUT2D eigenvalue weighted by molar-refractivity contribution is -0.145. The van der Waals surface area contributed by atoms with Gasteiger partial charge >= 0.3 is 11.9 Å². The molecule has 0 spiro atoms. The number of carboxylic acid groups (broad SMARTS) is 1. The van der Waals surface area contributed by atoms with E-state index in [2.05, 4.69) is 0 Å². The Labute approximate surface area is 97.0 Å². The SMILES string of the molecule is CC(=O)O[C@H](C)CCCCCCCC(=O)O. The normalized spacial score (nSPS) is 12.1. The Bertz CT molecular complexity index is 213. The van der Waals surface area contributed by atoms with Crippen LogP contribution in [0.15, 0.2) is 0 Å². The molecule has 0 radical (unpaired) electrons. The van der Waals surface area contributed by atoms with Crippen molar-refractivity contribution in [2.24, 2.45) is 0 Å². The Morgan fingerprint density at radius 2 is 1.69 bits per heavy atom. The third kappa shape index (κ3) is 11.0. The number of aliphatic carboxylic acids is 1. The summed E-state index contributed by atoms with van der Waals surface area (Å²) >= 11 is 0. The van der Waals surface area contributed by atoms with Crippen molar-refractivity contribution >= 4 is 11.9 Å². The van der Waals surface area contributed by atoms with Crippen molar-refractivity contribution in [1.29, 1.82) is 0 Å².